The highest BCUT2D eigenvalue weighted by Crippen LogP contribution is 2.46. The highest BCUT2D eigenvalue weighted by atomic mass is 16.5. The van der Waals surface area contributed by atoms with Crippen molar-refractivity contribution in [3.8, 4) is 22.8 Å². The van der Waals surface area contributed by atoms with E-state index in [4.69, 9.17) is 4.74 Å². The maximum Gasteiger partial charge on any atom is 0.273 e. The van der Waals surface area contributed by atoms with Crippen molar-refractivity contribution < 1.29 is 14.6 Å². The van der Waals surface area contributed by atoms with Gasteiger partial charge in [0.1, 0.15) is 22.9 Å². The third-order valence-corrected chi connectivity index (χ3v) is 6.89. The van der Waals surface area contributed by atoms with Crippen LogP contribution in [0.5, 0.6) is 11.5 Å². The fraction of sp³-hybridized carbons (Fsp3) is 0.290. The minimum atomic E-state index is -0.384. The maximum absolute atomic E-state index is 13.7. The number of nitrogens with one attached hydrogen (secondary N) is 1. The van der Waals surface area contributed by atoms with Gasteiger partial charge in [-0.15, -0.1) is 0 Å². The highest BCUT2D eigenvalue weighted by molar-refractivity contribution is 6.00. The first kappa shape index (κ1) is 24.6. The third-order valence-electron chi connectivity index (χ3n) is 6.89. The molecule has 0 bridgehead atoms. The monoisotopic (exact) mass is 495 g/mol. The Morgan fingerprint density at radius 2 is 1.84 bits per heavy atom. The molecule has 1 amide bonds. The number of aromatic amines is 1. The molecule has 1 atom stereocenters. The number of ether oxygens (including phenoxy) is 1. The minimum Gasteiger partial charge on any atom is -0.507 e. The molecule has 1 aromatic heterocycles. The molecule has 1 unspecified atom stereocenters. The number of rotatable bonds is 8. The molecule has 6 nitrogen and oxygen atoms in total. The summed E-state index contributed by atoms with van der Waals surface area (Å²) < 4.78 is 6.07. The fourth-order valence-electron chi connectivity index (χ4n) is 5.12. The molecule has 0 spiro atoms. The number of amides is 1. The molecule has 37 heavy (non-hydrogen) atoms. The molecule has 0 aliphatic carbocycles. The average molecular weight is 496 g/mol. The van der Waals surface area contributed by atoms with Gasteiger partial charge in [0.15, 0.2) is 0 Å². The topological polar surface area (TPSA) is 78.5 Å². The van der Waals surface area contributed by atoms with Gasteiger partial charge in [0.25, 0.3) is 5.91 Å². The van der Waals surface area contributed by atoms with Gasteiger partial charge in [-0.25, -0.2) is 0 Å². The second kappa shape index (κ2) is 10.1. The molecule has 2 N–H and O–H groups in total. The molecule has 0 fully saturated rings. The van der Waals surface area contributed by atoms with E-state index < -0.39 is 0 Å². The Morgan fingerprint density at radius 1 is 1.05 bits per heavy atom. The van der Waals surface area contributed by atoms with Crippen LogP contribution < -0.4 is 4.74 Å². The van der Waals surface area contributed by atoms with Crippen LogP contribution in [0.4, 0.5) is 0 Å². The predicted molar refractivity (Wildman–Crippen MR) is 145 cm³/mol. The standard InChI is InChI=1S/C31H33N3O3/c1-19(2)13-14-37-24-12-8-11-23(17-24)30-27-28(26-21(4)15-20(3)16-25(26)35)32-33-29(27)31(36)34(30)18-22-9-6-5-7-10-22/h5-12,15-17,19,30,35H,13-14,18H2,1-4H3,(H,32,33). The van der Waals surface area contributed by atoms with E-state index in [9.17, 15) is 9.90 Å². The summed E-state index contributed by atoms with van der Waals surface area (Å²) in [5.74, 6) is 1.37. The second-order valence-electron chi connectivity index (χ2n) is 10.3. The van der Waals surface area contributed by atoms with Crippen LogP contribution in [-0.2, 0) is 6.54 Å². The van der Waals surface area contributed by atoms with Crippen LogP contribution in [0.1, 0.15) is 64.6 Å². The number of carbonyl (C=O) groups excluding carboxylic acids is 1. The van der Waals surface area contributed by atoms with E-state index in [0.29, 0.717) is 36.0 Å². The molecule has 0 saturated carbocycles. The molecular weight excluding hydrogens is 462 g/mol. The largest absolute Gasteiger partial charge is 0.507 e. The van der Waals surface area contributed by atoms with Crippen LogP contribution >= 0.6 is 0 Å². The quantitative estimate of drug-likeness (QED) is 0.290. The van der Waals surface area contributed by atoms with Gasteiger partial charge in [-0.1, -0.05) is 62.4 Å². The van der Waals surface area contributed by atoms with Crippen LogP contribution in [-0.4, -0.2) is 32.7 Å². The van der Waals surface area contributed by atoms with E-state index in [1.54, 1.807) is 6.07 Å². The zero-order valence-electron chi connectivity index (χ0n) is 21.8. The number of fused-ring (bicyclic) bond motifs is 1. The summed E-state index contributed by atoms with van der Waals surface area (Å²) in [6, 6.07) is 21.3. The smallest absolute Gasteiger partial charge is 0.273 e. The van der Waals surface area contributed by atoms with Gasteiger partial charge in [0.05, 0.1) is 12.6 Å². The van der Waals surface area contributed by atoms with Crippen LogP contribution in [0.2, 0.25) is 0 Å². The summed E-state index contributed by atoms with van der Waals surface area (Å²) in [6.45, 7) is 9.34. The van der Waals surface area contributed by atoms with Crippen molar-refractivity contribution in [2.75, 3.05) is 6.61 Å². The van der Waals surface area contributed by atoms with Gasteiger partial charge < -0.3 is 14.7 Å². The number of H-pyrrole nitrogens is 1. The first-order chi connectivity index (χ1) is 17.8. The number of carbonyl (C=O) groups is 1. The second-order valence-corrected chi connectivity index (χ2v) is 10.3. The number of hydrogen-bond acceptors (Lipinski definition) is 4. The minimum absolute atomic E-state index is 0.113. The fourth-order valence-corrected chi connectivity index (χ4v) is 5.12. The lowest BCUT2D eigenvalue weighted by Gasteiger charge is -2.27. The number of nitrogens with zero attached hydrogens (tertiary/aromatic N) is 2. The molecule has 1 aliphatic rings. The van der Waals surface area contributed by atoms with Crippen molar-refractivity contribution in [1.29, 1.82) is 0 Å². The Bertz CT molecular complexity index is 1400. The van der Waals surface area contributed by atoms with Gasteiger partial charge >= 0.3 is 0 Å². The van der Waals surface area contributed by atoms with Crippen molar-refractivity contribution in [2.24, 2.45) is 5.92 Å². The molecule has 6 heteroatoms. The molecule has 190 valence electrons. The molecule has 5 rings (SSSR count). The van der Waals surface area contributed by atoms with Crippen LogP contribution in [0.3, 0.4) is 0 Å². The van der Waals surface area contributed by atoms with E-state index in [1.807, 2.05) is 79.4 Å². The van der Waals surface area contributed by atoms with E-state index in [2.05, 4.69) is 24.0 Å². The molecule has 0 saturated heterocycles. The van der Waals surface area contributed by atoms with Gasteiger partial charge in [0, 0.05) is 17.7 Å². The lowest BCUT2D eigenvalue weighted by Crippen LogP contribution is -2.29. The summed E-state index contributed by atoms with van der Waals surface area (Å²) in [5, 5.41) is 18.5. The Kier molecular flexibility index (Phi) is 6.74. The lowest BCUT2D eigenvalue weighted by atomic mass is 9.93. The SMILES string of the molecule is Cc1cc(C)c(-c2n[nH]c3c2C(c2cccc(OCCC(C)C)c2)N(Cc2ccccc2)C3=O)c(O)c1. The Hall–Kier alpha value is -4.06. The predicted octanol–water partition coefficient (Wildman–Crippen LogP) is 6.57. The lowest BCUT2D eigenvalue weighted by molar-refractivity contribution is 0.0729. The summed E-state index contributed by atoms with van der Waals surface area (Å²) in [6.07, 6.45) is 0.967. The molecule has 4 aromatic rings. The summed E-state index contributed by atoms with van der Waals surface area (Å²) in [5.41, 5.74) is 6.35. The normalized spacial score (nSPS) is 14.9. The number of aryl methyl sites for hydroxylation is 2. The van der Waals surface area contributed by atoms with Gasteiger partial charge in [-0.3, -0.25) is 9.89 Å². The summed E-state index contributed by atoms with van der Waals surface area (Å²) >= 11 is 0. The van der Waals surface area contributed by atoms with Crippen LogP contribution in [0.15, 0.2) is 66.7 Å². The third kappa shape index (κ3) is 4.84. The summed E-state index contributed by atoms with van der Waals surface area (Å²) in [7, 11) is 0. The molecule has 3 aromatic carbocycles. The number of hydrogen-bond donors (Lipinski definition) is 2. The zero-order chi connectivity index (χ0) is 26.1. The van der Waals surface area contributed by atoms with Crippen molar-refractivity contribution in [1.82, 2.24) is 15.1 Å². The van der Waals surface area contributed by atoms with Crippen molar-refractivity contribution in [2.45, 2.75) is 46.7 Å². The maximum atomic E-state index is 13.7. The van der Waals surface area contributed by atoms with Gasteiger partial charge in [-0.2, -0.15) is 5.10 Å². The molecular formula is C31H33N3O3. The summed E-state index contributed by atoms with van der Waals surface area (Å²) in [4.78, 5) is 15.6. The number of phenols is 1. The van der Waals surface area contributed by atoms with Crippen molar-refractivity contribution in [3.05, 3.63) is 100 Å². The van der Waals surface area contributed by atoms with E-state index in [-0.39, 0.29) is 17.7 Å². The molecule has 0 radical (unpaired) electrons. The first-order valence-corrected chi connectivity index (χ1v) is 12.8. The van der Waals surface area contributed by atoms with E-state index in [0.717, 1.165) is 40.0 Å². The number of aromatic nitrogens is 2. The van der Waals surface area contributed by atoms with Gasteiger partial charge in [0.2, 0.25) is 0 Å². The van der Waals surface area contributed by atoms with Crippen LogP contribution in [0.25, 0.3) is 11.3 Å². The molecule has 1 aliphatic heterocycles. The number of aromatic hydroxyl groups is 1. The van der Waals surface area contributed by atoms with Crippen molar-refractivity contribution >= 4 is 5.91 Å². The van der Waals surface area contributed by atoms with E-state index >= 15 is 0 Å². The zero-order valence-corrected chi connectivity index (χ0v) is 21.8. The number of phenolic OH excluding ortho intramolecular Hbond substituents is 1. The van der Waals surface area contributed by atoms with Crippen molar-refractivity contribution in [3.63, 3.8) is 0 Å². The molecule has 2 heterocycles. The highest BCUT2D eigenvalue weighted by Gasteiger charge is 2.42. The van der Waals surface area contributed by atoms with Gasteiger partial charge in [-0.05, 0) is 66.6 Å². The first-order valence-electron chi connectivity index (χ1n) is 12.8. The Balaban J connectivity index is 1.62. The number of benzene rings is 3. The van der Waals surface area contributed by atoms with E-state index in [1.165, 1.54) is 0 Å². The average Bonchev–Trinajstić information content (AvgIpc) is 3.38. The van der Waals surface area contributed by atoms with Crippen LogP contribution in [0, 0.1) is 19.8 Å². The Labute approximate surface area is 217 Å². The Morgan fingerprint density at radius 3 is 2.57 bits per heavy atom.